The fourth-order valence-corrected chi connectivity index (χ4v) is 3.81. The Bertz CT molecular complexity index is 544. The van der Waals surface area contributed by atoms with Crippen LogP contribution in [0.2, 0.25) is 5.02 Å². The monoisotopic (exact) mass is 368 g/mol. The van der Waals surface area contributed by atoms with Crippen LogP contribution >= 0.6 is 23.4 Å². The molecule has 0 heterocycles. The molecule has 6 heteroatoms. The van der Waals surface area contributed by atoms with Gasteiger partial charge in [0.15, 0.2) is 0 Å². The Kier molecular flexibility index (Phi) is 7.92. The van der Waals surface area contributed by atoms with Gasteiger partial charge in [-0.1, -0.05) is 30.9 Å². The van der Waals surface area contributed by atoms with E-state index in [1.807, 2.05) is 31.2 Å². The standard InChI is InChI=1S/C18H25ClN2O2S/c1-13(24-16-9-7-15(19)8-10-16)17(22)20-11-12-21-18(23)14-5-3-2-4-6-14/h7-10,13-14H,2-6,11-12H2,1H3,(H,20,22)(H,21,23). The highest BCUT2D eigenvalue weighted by Crippen LogP contribution is 2.25. The lowest BCUT2D eigenvalue weighted by atomic mass is 9.89. The van der Waals surface area contributed by atoms with Crippen molar-refractivity contribution in [2.45, 2.75) is 49.2 Å². The molecule has 0 saturated heterocycles. The number of halogens is 1. The molecule has 0 radical (unpaired) electrons. The fraction of sp³-hybridized carbons (Fsp3) is 0.556. The first-order valence-corrected chi connectivity index (χ1v) is 9.79. The zero-order chi connectivity index (χ0) is 17.4. The van der Waals surface area contributed by atoms with Gasteiger partial charge >= 0.3 is 0 Å². The average Bonchev–Trinajstić information content (AvgIpc) is 2.61. The Balaban J connectivity index is 1.63. The van der Waals surface area contributed by atoms with Gasteiger partial charge in [-0.05, 0) is 44.0 Å². The van der Waals surface area contributed by atoms with Crippen LogP contribution in [0.1, 0.15) is 39.0 Å². The number of nitrogens with one attached hydrogen (secondary N) is 2. The summed E-state index contributed by atoms with van der Waals surface area (Å²) in [4.78, 5) is 25.1. The van der Waals surface area contributed by atoms with Crippen LogP contribution in [-0.2, 0) is 9.59 Å². The highest BCUT2D eigenvalue weighted by atomic mass is 35.5. The first-order chi connectivity index (χ1) is 11.6. The largest absolute Gasteiger partial charge is 0.354 e. The third-order valence-electron chi connectivity index (χ3n) is 4.20. The predicted molar refractivity (Wildman–Crippen MR) is 99.4 cm³/mol. The first-order valence-electron chi connectivity index (χ1n) is 8.54. The normalized spacial score (nSPS) is 16.4. The minimum atomic E-state index is -0.194. The lowest BCUT2D eigenvalue weighted by molar-refractivity contribution is -0.126. The Morgan fingerprint density at radius 2 is 1.75 bits per heavy atom. The third-order valence-corrected chi connectivity index (χ3v) is 5.56. The van der Waals surface area contributed by atoms with E-state index in [-0.39, 0.29) is 23.0 Å². The van der Waals surface area contributed by atoms with Crippen LogP contribution in [0.4, 0.5) is 0 Å². The highest BCUT2D eigenvalue weighted by Gasteiger charge is 2.20. The number of thioether (sulfide) groups is 1. The molecule has 1 aliphatic rings. The van der Waals surface area contributed by atoms with Crippen molar-refractivity contribution in [1.82, 2.24) is 10.6 Å². The molecule has 0 bridgehead atoms. The van der Waals surface area contributed by atoms with E-state index in [9.17, 15) is 9.59 Å². The van der Waals surface area contributed by atoms with Gasteiger partial charge in [-0.15, -0.1) is 11.8 Å². The summed E-state index contributed by atoms with van der Waals surface area (Å²) in [6.07, 6.45) is 5.52. The molecule has 1 saturated carbocycles. The van der Waals surface area contributed by atoms with E-state index in [2.05, 4.69) is 10.6 Å². The van der Waals surface area contributed by atoms with Crippen LogP contribution in [0.25, 0.3) is 0 Å². The van der Waals surface area contributed by atoms with Crippen molar-refractivity contribution in [2.24, 2.45) is 5.92 Å². The first kappa shape index (κ1) is 19.1. The van der Waals surface area contributed by atoms with Crippen LogP contribution in [0.5, 0.6) is 0 Å². The maximum absolute atomic E-state index is 12.1. The van der Waals surface area contributed by atoms with E-state index in [4.69, 9.17) is 11.6 Å². The van der Waals surface area contributed by atoms with Gasteiger partial charge in [0.25, 0.3) is 0 Å². The molecular weight excluding hydrogens is 344 g/mol. The number of carbonyl (C=O) groups excluding carboxylic acids is 2. The van der Waals surface area contributed by atoms with Gasteiger partial charge in [0.1, 0.15) is 0 Å². The second-order valence-corrected chi connectivity index (χ2v) is 7.98. The topological polar surface area (TPSA) is 58.2 Å². The summed E-state index contributed by atoms with van der Waals surface area (Å²) < 4.78 is 0. The van der Waals surface area contributed by atoms with E-state index in [1.165, 1.54) is 18.2 Å². The summed E-state index contributed by atoms with van der Waals surface area (Å²) in [5.41, 5.74) is 0. The van der Waals surface area contributed by atoms with Crippen molar-refractivity contribution in [2.75, 3.05) is 13.1 Å². The molecule has 1 aliphatic carbocycles. The average molecular weight is 369 g/mol. The van der Waals surface area contributed by atoms with Crippen molar-refractivity contribution in [3.63, 3.8) is 0 Å². The minimum Gasteiger partial charge on any atom is -0.354 e. The Morgan fingerprint density at radius 1 is 1.12 bits per heavy atom. The Morgan fingerprint density at radius 3 is 2.42 bits per heavy atom. The smallest absolute Gasteiger partial charge is 0.233 e. The van der Waals surface area contributed by atoms with Gasteiger partial charge < -0.3 is 10.6 Å². The van der Waals surface area contributed by atoms with Gasteiger partial charge in [0.2, 0.25) is 11.8 Å². The minimum absolute atomic E-state index is 0.0261. The van der Waals surface area contributed by atoms with Crippen LogP contribution < -0.4 is 10.6 Å². The summed E-state index contributed by atoms with van der Waals surface area (Å²) >= 11 is 7.34. The molecular formula is C18H25ClN2O2S. The van der Waals surface area contributed by atoms with Gasteiger partial charge in [0, 0.05) is 28.9 Å². The molecule has 1 aromatic rings. The molecule has 0 aromatic heterocycles. The molecule has 1 aromatic carbocycles. The SMILES string of the molecule is CC(Sc1ccc(Cl)cc1)C(=O)NCCNC(=O)C1CCCCC1. The van der Waals surface area contributed by atoms with Crippen molar-refractivity contribution < 1.29 is 9.59 Å². The lowest BCUT2D eigenvalue weighted by Crippen LogP contribution is -2.40. The number of hydrogen-bond donors (Lipinski definition) is 2. The molecule has 1 unspecified atom stereocenters. The molecule has 2 rings (SSSR count). The van der Waals surface area contributed by atoms with Crippen LogP contribution in [0, 0.1) is 5.92 Å². The summed E-state index contributed by atoms with van der Waals surface area (Å²) in [6, 6.07) is 7.44. The predicted octanol–water partition coefficient (Wildman–Crippen LogP) is 3.63. The zero-order valence-electron chi connectivity index (χ0n) is 14.0. The fourth-order valence-electron chi connectivity index (χ4n) is 2.80. The van der Waals surface area contributed by atoms with Gasteiger partial charge in [-0.25, -0.2) is 0 Å². The Labute approximate surface area is 153 Å². The molecule has 2 N–H and O–H groups in total. The number of benzene rings is 1. The number of hydrogen-bond acceptors (Lipinski definition) is 3. The van der Waals surface area contributed by atoms with Crippen molar-refractivity contribution in [3.8, 4) is 0 Å². The van der Waals surface area contributed by atoms with Crippen molar-refractivity contribution in [3.05, 3.63) is 29.3 Å². The lowest BCUT2D eigenvalue weighted by Gasteiger charge is -2.20. The highest BCUT2D eigenvalue weighted by molar-refractivity contribution is 8.00. The second kappa shape index (κ2) is 9.94. The van der Waals surface area contributed by atoms with E-state index in [1.54, 1.807) is 0 Å². The number of amides is 2. The molecule has 24 heavy (non-hydrogen) atoms. The third kappa shape index (κ3) is 6.36. The molecule has 2 amide bonds. The van der Waals surface area contributed by atoms with E-state index in [0.717, 1.165) is 30.6 Å². The maximum Gasteiger partial charge on any atom is 0.233 e. The van der Waals surface area contributed by atoms with Crippen molar-refractivity contribution >= 4 is 35.2 Å². The number of carbonyl (C=O) groups is 2. The van der Waals surface area contributed by atoms with Gasteiger partial charge in [-0.3, -0.25) is 9.59 Å². The van der Waals surface area contributed by atoms with Crippen LogP contribution in [-0.4, -0.2) is 30.2 Å². The molecule has 4 nitrogen and oxygen atoms in total. The van der Waals surface area contributed by atoms with E-state index < -0.39 is 0 Å². The van der Waals surface area contributed by atoms with Gasteiger partial charge in [-0.2, -0.15) is 0 Å². The Hall–Kier alpha value is -1.20. The summed E-state index contributed by atoms with van der Waals surface area (Å²) in [6.45, 7) is 2.82. The van der Waals surface area contributed by atoms with E-state index >= 15 is 0 Å². The van der Waals surface area contributed by atoms with Crippen LogP contribution in [0.3, 0.4) is 0 Å². The molecule has 1 fully saturated rings. The molecule has 132 valence electrons. The molecule has 0 spiro atoms. The van der Waals surface area contributed by atoms with E-state index in [0.29, 0.717) is 18.1 Å². The van der Waals surface area contributed by atoms with Gasteiger partial charge in [0.05, 0.1) is 5.25 Å². The zero-order valence-corrected chi connectivity index (χ0v) is 15.6. The maximum atomic E-state index is 12.1. The quantitative estimate of drug-likeness (QED) is 0.570. The molecule has 1 atom stereocenters. The summed E-state index contributed by atoms with van der Waals surface area (Å²) in [5.74, 6) is 0.267. The van der Waals surface area contributed by atoms with Crippen LogP contribution in [0.15, 0.2) is 29.2 Å². The number of rotatable bonds is 7. The molecule has 0 aliphatic heterocycles. The van der Waals surface area contributed by atoms with Crippen molar-refractivity contribution in [1.29, 1.82) is 0 Å². The summed E-state index contributed by atoms with van der Waals surface area (Å²) in [5, 5.41) is 6.29. The second-order valence-electron chi connectivity index (χ2n) is 6.13. The summed E-state index contributed by atoms with van der Waals surface area (Å²) in [7, 11) is 0.